The minimum absolute atomic E-state index is 0.126. The van der Waals surface area contributed by atoms with Crippen LogP contribution in [0.3, 0.4) is 0 Å². The van der Waals surface area contributed by atoms with Gasteiger partial charge >= 0.3 is 5.97 Å². The summed E-state index contributed by atoms with van der Waals surface area (Å²) in [6, 6.07) is 11.1. The summed E-state index contributed by atoms with van der Waals surface area (Å²) in [6.45, 7) is 0. The molecule has 2 aromatic carbocycles. The van der Waals surface area contributed by atoms with Gasteiger partial charge in [-0.05, 0) is 41.5 Å². The van der Waals surface area contributed by atoms with Gasteiger partial charge in [-0.25, -0.2) is 4.79 Å². The molecule has 0 unspecified atom stereocenters. The Morgan fingerprint density at radius 2 is 1.68 bits per heavy atom. The zero-order valence-electron chi connectivity index (χ0n) is 9.63. The van der Waals surface area contributed by atoms with Crippen molar-refractivity contribution in [1.29, 1.82) is 0 Å². The molecule has 0 heterocycles. The van der Waals surface area contributed by atoms with Crippen LogP contribution in [-0.4, -0.2) is 16.2 Å². The molecule has 2 aromatic rings. The highest BCUT2D eigenvalue weighted by atomic mass is 35.5. The van der Waals surface area contributed by atoms with Crippen LogP contribution in [0, 0.1) is 0 Å². The van der Waals surface area contributed by atoms with Gasteiger partial charge in [0.05, 0.1) is 5.56 Å². The summed E-state index contributed by atoms with van der Waals surface area (Å²) in [6.07, 6.45) is 0. The van der Waals surface area contributed by atoms with Gasteiger partial charge < -0.3 is 5.11 Å². The first kappa shape index (κ1) is 13.6. The standard InChI is InChI=1S/C14H9ClO3S/c15-10-4-1-8(2-5-10)12-7-9(14(18)19)3-6-11(12)13(16)17/h1-7H,(H,16,17)(H,18,19). The Labute approximate surface area is 120 Å². The number of thiol groups is 1. The molecule has 0 fully saturated rings. The van der Waals surface area contributed by atoms with E-state index in [1.807, 2.05) is 0 Å². The first-order chi connectivity index (χ1) is 8.99. The van der Waals surface area contributed by atoms with Gasteiger partial charge in [-0.3, -0.25) is 4.79 Å². The highest BCUT2D eigenvalue weighted by Crippen LogP contribution is 2.27. The molecule has 0 amide bonds. The van der Waals surface area contributed by atoms with Crippen LogP contribution in [0.4, 0.5) is 0 Å². The molecule has 3 nitrogen and oxygen atoms in total. The van der Waals surface area contributed by atoms with Crippen molar-refractivity contribution in [3.05, 3.63) is 58.6 Å². The highest BCUT2D eigenvalue weighted by Gasteiger charge is 2.14. The fourth-order valence-corrected chi connectivity index (χ4v) is 2.00. The Hall–Kier alpha value is -1.78. The van der Waals surface area contributed by atoms with Gasteiger partial charge in [0.1, 0.15) is 0 Å². The number of carboxylic acid groups (broad SMARTS) is 1. The SMILES string of the molecule is O=C(S)c1ccc(C(=O)O)c(-c2ccc(Cl)cc2)c1. The van der Waals surface area contributed by atoms with E-state index < -0.39 is 11.1 Å². The third kappa shape index (κ3) is 2.97. The van der Waals surface area contributed by atoms with E-state index in [1.165, 1.54) is 18.2 Å². The Morgan fingerprint density at radius 3 is 2.21 bits per heavy atom. The summed E-state index contributed by atoms with van der Waals surface area (Å²) >= 11 is 9.54. The summed E-state index contributed by atoms with van der Waals surface area (Å²) in [5.41, 5.74) is 1.61. The maximum Gasteiger partial charge on any atom is 0.336 e. The quantitative estimate of drug-likeness (QED) is 0.847. The average Bonchev–Trinajstić information content (AvgIpc) is 2.38. The number of halogens is 1. The van der Waals surface area contributed by atoms with Gasteiger partial charge in [0.15, 0.2) is 0 Å². The van der Waals surface area contributed by atoms with E-state index in [4.69, 9.17) is 11.6 Å². The molecule has 0 aliphatic carbocycles. The third-order valence-corrected chi connectivity index (χ3v) is 3.16. The van der Waals surface area contributed by atoms with Crippen LogP contribution >= 0.6 is 24.2 Å². The van der Waals surface area contributed by atoms with Gasteiger partial charge in [0.2, 0.25) is 5.12 Å². The van der Waals surface area contributed by atoms with E-state index in [2.05, 4.69) is 12.6 Å². The lowest BCUT2D eigenvalue weighted by molar-refractivity contribution is 0.0697. The van der Waals surface area contributed by atoms with E-state index in [9.17, 15) is 14.7 Å². The molecule has 0 spiro atoms. The van der Waals surface area contributed by atoms with Crippen LogP contribution in [0.5, 0.6) is 0 Å². The molecular weight excluding hydrogens is 284 g/mol. The Kier molecular flexibility index (Phi) is 3.93. The normalized spacial score (nSPS) is 10.2. The van der Waals surface area contributed by atoms with Crippen LogP contribution in [-0.2, 0) is 0 Å². The second-order valence-electron chi connectivity index (χ2n) is 3.88. The third-order valence-electron chi connectivity index (χ3n) is 2.65. The number of hydrogen-bond donors (Lipinski definition) is 2. The monoisotopic (exact) mass is 292 g/mol. The molecular formula is C14H9ClO3S. The number of benzene rings is 2. The van der Waals surface area contributed by atoms with E-state index in [0.29, 0.717) is 21.7 Å². The number of carboxylic acids is 1. The van der Waals surface area contributed by atoms with Gasteiger partial charge in [-0.1, -0.05) is 23.7 Å². The van der Waals surface area contributed by atoms with Crippen molar-refractivity contribution in [2.45, 2.75) is 0 Å². The Morgan fingerprint density at radius 1 is 1.05 bits per heavy atom. The minimum atomic E-state index is -1.05. The van der Waals surface area contributed by atoms with Crippen LogP contribution in [0.15, 0.2) is 42.5 Å². The molecule has 0 aromatic heterocycles. The zero-order chi connectivity index (χ0) is 14.0. The predicted molar refractivity (Wildman–Crippen MR) is 77.2 cm³/mol. The second-order valence-corrected chi connectivity index (χ2v) is 4.72. The van der Waals surface area contributed by atoms with Crippen molar-refractivity contribution in [3.63, 3.8) is 0 Å². The summed E-state index contributed by atoms with van der Waals surface area (Å²) in [5.74, 6) is -1.05. The lowest BCUT2D eigenvalue weighted by Crippen LogP contribution is -2.01. The van der Waals surface area contributed by atoms with Gasteiger partial charge in [0, 0.05) is 10.6 Å². The Bertz CT molecular complexity index is 650. The average molecular weight is 293 g/mol. The number of carbonyl (C=O) groups is 2. The number of aromatic carboxylic acids is 1. The fourth-order valence-electron chi connectivity index (χ4n) is 1.73. The van der Waals surface area contributed by atoms with Crippen molar-refractivity contribution in [2.75, 3.05) is 0 Å². The van der Waals surface area contributed by atoms with Crippen LogP contribution in [0.2, 0.25) is 5.02 Å². The molecule has 1 N–H and O–H groups in total. The minimum Gasteiger partial charge on any atom is -0.478 e. The van der Waals surface area contributed by atoms with E-state index in [0.717, 1.165) is 0 Å². The molecule has 5 heteroatoms. The first-order valence-corrected chi connectivity index (χ1v) is 6.18. The van der Waals surface area contributed by atoms with Gasteiger partial charge in [-0.2, -0.15) is 0 Å². The molecule has 0 radical (unpaired) electrons. The van der Waals surface area contributed by atoms with Crippen molar-refractivity contribution in [2.24, 2.45) is 0 Å². The van der Waals surface area contributed by atoms with Crippen molar-refractivity contribution in [3.8, 4) is 11.1 Å². The van der Waals surface area contributed by atoms with Crippen molar-refractivity contribution in [1.82, 2.24) is 0 Å². The molecule has 0 atom stereocenters. The van der Waals surface area contributed by atoms with Crippen molar-refractivity contribution < 1.29 is 14.7 Å². The van der Waals surface area contributed by atoms with Crippen molar-refractivity contribution >= 4 is 35.3 Å². The second kappa shape index (κ2) is 5.47. The van der Waals surface area contributed by atoms with E-state index in [-0.39, 0.29) is 5.56 Å². The number of rotatable bonds is 3. The molecule has 0 saturated carbocycles. The summed E-state index contributed by atoms with van der Waals surface area (Å²) in [5, 5.41) is 9.33. The molecule has 0 bridgehead atoms. The summed E-state index contributed by atoms with van der Waals surface area (Å²) < 4.78 is 0. The first-order valence-electron chi connectivity index (χ1n) is 5.35. The molecule has 0 aliphatic rings. The van der Waals surface area contributed by atoms with Crippen LogP contribution in [0.1, 0.15) is 20.7 Å². The largest absolute Gasteiger partial charge is 0.478 e. The van der Waals surface area contributed by atoms with E-state index >= 15 is 0 Å². The summed E-state index contributed by atoms with van der Waals surface area (Å²) in [4.78, 5) is 22.5. The fraction of sp³-hybridized carbons (Fsp3) is 0. The van der Waals surface area contributed by atoms with Crippen LogP contribution in [0.25, 0.3) is 11.1 Å². The lowest BCUT2D eigenvalue weighted by Gasteiger charge is -2.08. The Balaban J connectivity index is 2.64. The molecule has 96 valence electrons. The molecule has 0 saturated heterocycles. The molecule has 2 rings (SSSR count). The lowest BCUT2D eigenvalue weighted by atomic mass is 9.97. The van der Waals surface area contributed by atoms with Gasteiger partial charge in [0.25, 0.3) is 0 Å². The smallest absolute Gasteiger partial charge is 0.336 e. The topological polar surface area (TPSA) is 54.4 Å². The number of carbonyl (C=O) groups excluding carboxylic acids is 1. The maximum absolute atomic E-state index is 11.3. The predicted octanol–water partition coefficient (Wildman–Crippen LogP) is 3.78. The highest BCUT2D eigenvalue weighted by molar-refractivity contribution is 7.97. The van der Waals surface area contributed by atoms with E-state index in [1.54, 1.807) is 24.3 Å². The molecule has 19 heavy (non-hydrogen) atoms. The maximum atomic E-state index is 11.3. The summed E-state index contributed by atoms with van der Waals surface area (Å²) in [7, 11) is 0. The zero-order valence-corrected chi connectivity index (χ0v) is 11.3. The van der Waals surface area contributed by atoms with Gasteiger partial charge in [-0.15, -0.1) is 12.6 Å². The number of hydrogen-bond acceptors (Lipinski definition) is 2. The molecule has 0 aliphatic heterocycles. The van der Waals surface area contributed by atoms with Crippen LogP contribution < -0.4 is 0 Å².